The first kappa shape index (κ1) is 24.3. The van der Waals surface area contributed by atoms with Gasteiger partial charge in [0.05, 0.1) is 16.1 Å². The van der Waals surface area contributed by atoms with Gasteiger partial charge in [0.15, 0.2) is 0 Å². The molecule has 5 nitrogen and oxygen atoms in total. The quantitative estimate of drug-likeness (QED) is 0.414. The number of allylic oxidation sites excluding steroid dienone is 2. The first-order valence-corrected chi connectivity index (χ1v) is 11.6. The van der Waals surface area contributed by atoms with Gasteiger partial charge in [-0.05, 0) is 36.4 Å². The van der Waals surface area contributed by atoms with Gasteiger partial charge < -0.3 is 14.4 Å². The fraction of sp³-hybridized carbons (Fsp3) is 0.238. The van der Waals surface area contributed by atoms with Crippen molar-refractivity contribution in [3.8, 4) is 11.5 Å². The first-order chi connectivity index (χ1) is 16.1. The minimum atomic E-state index is -4.96. The Hall–Kier alpha value is -2.86. The summed E-state index contributed by atoms with van der Waals surface area (Å²) in [5.41, 5.74) is -1.15. The molecule has 0 saturated heterocycles. The molecular weight excluding hydrogens is 510 g/mol. The lowest BCUT2D eigenvalue weighted by atomic mass is 10.1. The molecule has 0 spiro atoms. The van der Waals surface area contributed by atoms with E-state index in [-0.39, 0.29) is 27.4 Å². The van der Waals surface area contributed by atoms with Crippen LogP contribution < -0.4 is 14.4 Å². The zero-order valence-electron chi connectivity index (χ0n) is 18.5. The molecule has 3 rings (SSSR count). The van der Waals surface area contributed by atoms with Crippen molar-refractivity contribution in [2.24, 2.45) is 4.36 Å². The molecule has 0 saturated carbocycles. The van der Waals surface area contributed by atoms with E-state index in [0.29, 0.717) is 6.08 Å². The van der Waals surface area contributed by atoms with E-state index in [2.05, 4.69) is 9.10 Å². The highest BCUT2D eigenvalue weighted by Gasteiger charge is 2.40. The predicted molar refractivity (Wildman–Crippen MR) is 115 cm³/mol. The highest BCUT2D eigenvalue weighted by molar-refractivity contribution is 7.93. The van der Waals surface area contributed by atoms with Crippen molar-refractivity contribution >= 4 is 27.0 Å². The number of hydrogen-bond donors (Lipinski definition) is 0. The molecule has 0 aliphatic carbocycles. The minimum absolute atomic E-state index is 0.0276. The summed E-state index contributed by atoms with van der Waals surface area (Å²) in [7, 11) is -1.50. The lowest BCUT2D eigenvalue weighted by Crippen LogP contribution is -2.34. The van der Waals surface area contributed by atoms with E-state index in [0.717, 1.165) is 23.1 Å². The third kappa shape index (κ3) is 6.17. The van der Waals surface area contributed by atoms with Crippen LogP contribution in [0.15, 0.2) is 75.3 Å². The molecule has 2 aromatic rings. The molecule has 184 valence electrons. The maximum absolute atomic E-state index is 13.9. The van der Waals surface area contributed by atoms with Crippen LogP contribution in [0.4, 0.5) is 32.0 Å². The predicted octanol–water partition coefficient (Wildman–Crippen LogP) is 6.55. The van der Waals surface area contributed by atoms with Crippen LogP contribution in [0.1, 0.15) is 1.37 Å². The van der Waals surface area contributed by atoms with Crippen molar-refractivity contribution in [2.75, 3.05) is 24.7 Å². The zero-order chi connectivity index (χ0) is 26.2. The van der Waals surface area contributed by atoms with Gasteiger partial charge in [-0.1, -0.05) is 17.7 Å². The van der Waals surface area contributed by atoms with Crippen LogP contribution in [0, 0.1) is 0 Å². The Morgan fingerprint density at radius 1 is 1.15 bits per heavy atom. The number of anilines is 1. The lowest BCUT2D eigenvalue weighted by Gasteiger charge is -2.31. The smallest absolute Gasteiger partial charge is 0.456 e. The third-order valence-corrected chi connectivity index (χ3v) is 6.65. The van der Waals surface area contributed by atoms with Crippen LogP contribution >= 0.6 is 11.6 Å². The largest absolute Gasteiger partial charge is 0.573 e. The number of benzene rings is 2. The summed E-state index contributed by atoms with van der Waals surface area (Å²) in [6, 6.07) is 7.82. The molecule has 1 unspecified atom stereocenters. The van der Waals surface area contributed by atoms with Crippen LogP contribution in [-0.4, -0.2) is 36.6 Å². The van der Waals surface area contributed by atoms with Crippen molar-refractivity contribution < 1.29 is 41.4 Å². The van der Waals surface area contributed by atoms with E-state index >= 15 is 0 Å². The van der Waals surface area contributed by atoms with Crippen LogP contribution in [-0.2, 0) is 9.73 Å². The molecule has 1 atom stereocenters. The van der Waals surface area contributed by atoms with Crippen molar-refractivity contribution in [2.45, 2.75) is 17.4 Å². The van der Waals surface area contributed by atoms with Crippen molar-refractivity contribution in [1.29, 1.82) is 0 Å². The highest BCUT2D eigenvalue weighted by atomic mass is 35.5. The van der Waals surface area contributed by atoms with Gasteiger partial charge in [-0.2, -0.15) is 13.2 Å². The normalized spacial score (nSPS) is 17.0. The van der Waals surface area contributed by atoms with E-state index in [1.807, 2.05) is 0 Å². The summed E-state index contributed by atoms with van der Waals surface area (Å²) in [5.74, 6) is -1.43. The molecule has 1 aliphatic heterocycles. The Morgan fingerprint density at radius 3 is 2.44 bits per heavy atom. The molecular formula is C21H17ClF6N2O3S. The minimum Gasteiger partial charge on any atom is -0.456 e. The molecule has 1 aliphatic rings. The Labute approximate surface area is 197 Å². The Balaban J connectivity index is 1.97. The van der Waals surface area contributed by atoms with Crippen molar-refractivity contribution in [1.82, 2.24) is 0 Å². The fourth-order valence-electron chi connectivity index (χ4n) is 2.90. The number of halogens is 7. The van der Waals surface area contributed by atoms with E-state index < -0.39 is 46.0 Å². The van der Waals surface area contributed by atoms with Gasteiger partial charge in [-0.3, -0.25) is 0 Å². The second-order valence-corrected chi connectivity index (χ2v) is 9.73. The van der Waals surface area contributed by atoms with Crippen LogP contribution in [0.25, 0.3) is 0 Å². The summed E-state index contributed by atoms with van der Waals surface area (Å²) in [6.07, 6.45) is -7.91. The van der Waals surface area contributed by atoms with Gasteiger partial charge in [0.25, 0.3) is 0 Å². The number of ether oxygens (including phenoxy) is 2. The van der Waals surface area contributed by atoms with E-state index in [9.17, 15) is 30.6 Å². The first-order valence-electron chi connectivity index (χ1n) is 9.80. The maximum Gasteiger partial charge on any atom is 0.573 e. The van der Waals surface area contributed by atoms with E-state index in [1.54, 1.807) is 0 Å². The summed E-state index contributed by atoms with van der Waals surface area (Å²) >= 11 is 5.90. The van der Waals surface area contributed by atoms with Gasteiger partial charge in [-0.15, -0.1) is 13.2 Å². The number of hydrogen-bond acceptors (Lipinski definition) is 5. The number of alkyl halides is 6. The molecule has 0 radical (unpaired) electrons. The molecule has 0 N–H and O–H groups in total. The number of nitrogens with zero attached hydrogens (tertiary/aromatic N) is 2. The standard InChI is InChI=1S/C21H17ClF6N2O3S/c1-29-34(2,31)16-5-3-4-13(10-16)30-9-8-14(12-19(30)20(23,24)25)32-18-7-6-15(11-17(18)22)33-21(26,27)28/h3-8,10-12H,9H2,1-2H3/i8D. The lowest BCUT2D eigenvalue weighted by molar-refractivity contribution is -0.274. The van der Waals surface area contributed by atoms with Crippen LogP contribution in [0.3, 0.4) is 0 Å². The van der Waals surface area contributed by atoms with Gasteiger partial charge in [-0.25, -0.2) is 8.57 Å². The second kappa shape index (κ2) is 9.41. The topological polar surface area (TPSA) is 51.1 Å². The molecule has 13 heteroatoms. The Morgan fingerprint density at radius 2 is 1.85 bits per heavy atom. The number of rotatable bonds is 5. The molecule has 34 heavy (non-hydrogen) atoms. The zero-order valence-corrected chi connectivity index (χ0v) is 19.1. The summed E-state index contributed by atoms with van der Waals surface area (Å²) in [4.78, 5) is 1.02. The highest BCUT2D eigenvalue weighted by Crippen LogP contribution is 2.38. The molecule has 2 aromatic carbocycles. The molecule has 0 fully saturated rings. The third-order valence-electron chi connectivity index (χ3n) is 4.53. The van der Waals surface area contributed by atoms with Gasteiger partial charge in [0.1, 0.15) is 23.0 Å². The summed E-state index contributed by atoms with van der Waals surface area (Å²) < 4.78 is 113. The van der Waals surface area contributed by atoms with E-state index in [4.69, 9.17) is 17.7 Å². The Bertz CT molecular complexity index is 1320. The Kier molecular flexibility index (Phi) is 6.72. The summed E-state index contributed by atoms with van der Waals surface area (Å²) in [5, 5.41) is -0.370. The SMILES string of the molecule is [2H]C1=C(Oc2ccc(OC(F)(F)F)cc2Cl)C=C(C(F)(F)F)N(c2cccc(S(C)(=O)=NC)c2)C1. The van der Waals surface area contributed by atoms with Gasteiger partial charge in [0, 0.05) is 42.6 Å². The molecule has 1 heterocycles. The summed E-state index contributed by atoms with van der Waals surface area (Å²) in [6.45, 7) is -0.564. The van der Waals surface area contributed by atoms with Gasteiger partial charge >= 0.3 is 12.5 Å². The fourth-order valence-corrected chi connectivity index (χ4v) is 3.99. The van der Waals surface area contributed by atoms with Gasteiger partial charge in [0.2, 0.25) is 0 Å². The van der Waals surface area contributed by atoms with E-state index in [1.165, 1.54) is 37.6 Å². The van der Waals surface area contributed by atoms with Crippen LogP contribution in [0.2, 0.25) is 5.02 Å². The second-order valence-electron chi connectivity index (χ2n) is 6.88. The average molecular weight is 528 g/mol. The molecule has 0 bridgehead atoms. The average Bonchev–Trinajstić information content (AvgIpc) is 2.74. The van der Waals surface area contributed by atoms with Crippen molar-refractivity contribution in [3.05, 3.63) is 71.1 Å². The molecule has 0 aromatic heterocycles. The van der Waals surface area contributed by atoms with Crippen LogP contribution in [0.5, 0.6) is 11.5 Å². The monoisotopic (exact) mass is 527 g/mol. The molecule has 0 amide bonds. The maximum atomic E-state index is 13.9. The van der Waals surface area contributed by atoms with Crippen molar-refractivity contribution in [3.63, 3.8) is 0 Å².